The van der Waals surface area contributed by atoms with Crippen LogP contribution in [0.1, 0.15) is 30.4 Å². The summed E-state index contributed by atoms with van der Waals surface area (Å²) in [5.74, 6) is -1.68. The SMILES string of the molecule is O=C1CCC(C(C(=O)NCc2ccc(F)cc2)N(CC(F)F)C(=O)CCc2ccc(OI)cc2)CN1. The van der Waals surface area contributed by atoms with E-state index >= 15 is 0 Å². The van der Waals surface area contributed by atoms with Gasteiger partial charge >= 0.3 is 0 Å². The van der Waals surface area contributed by atoms with Crippen molar-refractivity contribution in [2.45, 2.75) is 44.7 Å². The zero-order valence-electron chi connectivity index (χ0n) is 19.4. The van der Waals surface area contributed by atoms with Gasteiger partial charge in [-0.1, -0.05) is 24.3 Å². The molecule has 0 bridgehead atoms. The number of amides is 3. The van der Waals surface area contributed by atoms with Gasteiger partial charge in [-0.15, -0.1) is 0 Å². The Labute approximate surface area is 221 Å². The van der Waals surface area contributed by atoms with Crippen molar-refractivity contribution in [2.75, 3.05) is 13.1 Å². The molecule has 1 fully saturated rings. The van der Waals surface area contributed by atoms with E-state index in [2.05, 4.69) is 10.6 Å². The van der Waals surface area contributed by atoms with E-state index in [-0.39, 0.29) is 38.3 Å². The number of carbonyl (C=O) groups is 3. The lowest BCUT2D eigenvalue weighted by Gasteiger charge is -2.37. The zero-order valence-corrected chi connectivity index (χ0v) is 21.6. The molecule has 1 saturated heterocycles. The number of piperidine rings is 1. The quantitative estimate of drug-likeness (QED) is 0.376. The minimum atomic E-state index is -2.85. The van der Waals surface area contributed by atoms with Gasteiger partial charge in [0.2, 0.25) is 17.7 Å². The Morgan fingerprint density at radius 3 is 2.36 bits per heavy atom. The largest absolute Gasteiger partial charge is 0.428 e. The molecule has 0 saturated carbocycles. The molecule has 0 spiro atoms. The molecule has 11 heteroatoms. The number of nitrogens with zero attached hydrogens (tertiary/aromatic N) is 1. The molecule has 2 aromatic rings. The number of halogens is 4. The van der Waals surface area contributed by atoms with E-state index in [1.807, 2.05) is 0 Å². The molecule has 2 unspecified atom stereocenters. The highest BCUT2D eigenvalue weighted by Gasteiger charge is 2.39. The molecular formula is C25H27F3IN3O4. The van der Waals surface area contributed by atoms with Crippen molar-refractivity contribution in [3.8, 4) is 5.75 Å². The van der Waals surface area contributed by atoms with Crippen LogP contribution in [0.2, 0.25) is 0 Å². The van der Waals surface area contributed by atoms with Gasteiger partial charge in [0.25, 0.3) is 6.43 Å². The molecule has 1 aliphatic heterocycles. The first kappa shape index (κ1) is 27.8. The number of nitrogens with one attached hydrogen (secondary N) is 2. The van der Waals surface area contributed by atoms with Crippen LogP contribution in [0.4, 0.5) is 13.2 Å². The Morgan fingerprint density at radius 1 is 1.11 bits per heavy atom. The van der Waals surface area contributed by atoms with Gasteiger partial charge in [0, 0.05) is 31.8 Å². The fourth-order valence-corrected chi connectivity index (χ4v) is 4.44. The zero-order chi connectivity index (χ0) is 26.1. The van der Waals surface area contributed by atoms with E-state index in [1.54, 1.807) is 47.3 Å². The van der Waals surface area contributed by atoms with E-state index in [9.17, 15) is 27.6 Å². The predicted octanol–water partition coefficient (Wildman–Crippen LogP) is 3.79. The number of carbonyl (C=O) groups excluding carboxylic acids is 3. The minimum absolute atomic E-state index is 0.0383. The summed E-state index contributed by atoms with van der Waals surface area (Å²) >= 11 is 1.75. The number of benzene rings is 2. The van der Waals surface area contributed by atoms with E-state index < -0.39 is 42.6 Å². The third-order valence-corrected chi connectivity index (χ3v) is 6.54. The highest BCUT2D eigenvalue weighted by Crippen LogP contribution is 2.23. The normalized spacial score (nSPS) is 16.2. The molecule has 0 aromatic heterocycles. The summed E-state index contributed by atoms with van der Waals surface area (Å²) in [6, 6.07) is 11.3. The van der Waals surface area contributed by atoms with Crippen molar-refractivity contribution in [3.63, 3.8) is 0 Å². The molecule has 2 aromatic carbocycles. The second-order valence-electron chi connectivity index (χ2n) is 8.55. The fourth-order valence-electron chi connectivity index (χ4n) is 4.15. The molecule has 2 N–H and O–H groups in total. The predicted molar refractivity (Wildman–Crippen MR) is 135 cm³/mol. The summed E-state index contributed by atoms with van der Waals surface area (Å²) in [6.45, 7) is -0.769. The summed E-state index contributed by atoms with van der Waals surface area (Å²) in [6.07, 6.45) is -2.21. The van der Waals surface area contributed by atoms with Crippen LogP contribution >= 0.6 is 23.0 Å². The monoisotopic (exact) mass is 617 g/mol. The Balaban J connectivity index is 1.77. The lowest BCUT2D eigenvalue weighted by Crippen LogP contribution is -2.57. The molecule has 0 aliphatic carbocycles. The van der Waals surface area contributed by atoms with Gasteiger partial charge < -0.3 is 18.6 Å². The maximum Gasteiger partial charge on any atom is 0.255 e. The molecule has 36 heavy (non-hydrogen) atoms. The topological polar surface area (TPSA) is 87.7 Å². The van der Waals surface area contributed by atoms with Gasteiger partial charge in [-0.05, 0) is 48.2 Å². The summed E-state index contributed by atoms with van der Waals surface area (Å²) in [5, 5.41) is 5.36. The minimum Gasteiger partial charge on any atom is -0.428 e. The van der Waals surface area contributed by atoms with Crippen molar-refractivity contribution in [2.24, 2.45) is 5.92 Å². The van der Waals surface area contributed by atoms with Crippen molar-refractivity contribution >= 4 is 40.7 Å². The van der Waals surface area contributed by atoms with Crippen LogP contribution in [0.15, 0.2) is 48.5 Å². The highest BCUT2D eigenvalue weighted by atomic mass is 127. The van der Waals surface area contributed by atoms with Crippen molar-refractivity contribution in [3.05, 3.63) is 65.5 Å². The maximum atomic E-state index is 13.6. The number of alkyl halides is 2. The summed E-state index contributed by atoms with van der Waals surface area (Å²) in [7, 11) is 0. The van der Waals surface area contributed by atoms with Gasteiger partial charge in [-0.3, -0.25) is 14.4 Å². The van der Waals surface area contributed by atoms with Gasteiger partial charge in [0.15, 0.2) is 23.0 Å². The van der Waals surface area contributed by atoms with Gasteiger partial charge in [-0.2, -0.15) is 0 Å². The van der Waals surface area contributed by atoms with Crippen molar-refractivity contribution in [1.82, 2.24) is 15.5 Å². The molecule has 1 heterocycles. The first-order chi connectivity index (χ1) is 17.3. The molecule has 7 nitrogen and oxygen atoms in total. The summed E-state index contributed by atoms with van der Waals surface area (Å²) in [4.78, 5) is 39.1. The summed E-state index contributed by atoms with van der Waals surface area (Å²) < 4.78 is 45.5. The Hall–Kier alpha value is -2.83. The molecule has 2 atom stereocenters. The number of rotatable bonds is 11. The van der Waals surface area contributed by atoms with E-state index in [4.69, 9.17) is 3.07 Å². The Morgan fingerprint density at radius 2 is 1.78 bits per heavy atom. The molecular weight excluding hydrogens is 590 g/mol. The van der Waals surface area contributed by atoms with Crippen LogP contribution in [0.5, 0.6) is 5.75 Å². The van der Waals surface area contributed by atoms with Gasteiger partial charge in [0.05, 0.1) is 6.54 Å². The van der Waals surface area contributed by atoms with Crippen LogP contribution in [0, 0.1) is 11.7 Å². The van der Waals surface area contributed by atoms with Crippen LogP contribution in [-0.2, 0) is 27.3 Å². The molecule has 0 radical (unpaired) electrons. The first-order valence-electron chi connectivity index (χ1n) is 11.5. The van der Waals surface area contributed by atoms with Crippen molar-refractivity contribution < 1.29 is 30.6 Å². The third kappa shape index (κ3) is 8.10. The van der Waals surface area contributed by atoms with Gasteiger partial charge in [0.1, 0.15) is 17.6 Å². The number of hydrogen-bond donors (Lipinski definition) is 2. The Bertz CT molecular complexity index is 1030. The molecule has 1 aliphatic rings. The van der Waals surface area contributed by atoms with E-state index in [0.717, 1.165) is 10.5 Å². The van der Waals surface area contributed by atoms with Crippen molar-refractivity contribution in [1.29, 1.82) is 0 Å². The van der Waals surface area contributed by atoms with E-state index in [1.165, 1.54) is 24.3 Å². The maximum absolute atomic E-state index is 13.6. The standard InChI is InChI=1S/C25H27F3IN3O4/c26-19-7-1-17(2-8-19)13-31-25(35)24(18-6-11-22(33)30-14-18)32(15-21(27)28)23(34)12-5-16-3-9-20(36-29)10-4-16/h1-4,7-10,18,21,24H,5-6,11-15H2,(H,30,33)(H,31,35). The first-order valence-corrected chi connectivity index (χ1v) is 12.4. The number of hydrogen-bond acceptors (Lipinski definition) is 4. The molecule has 194 valence electrons. The average molecular weight is 617 g/mol. The highest BCUT2D eigenvalue weighted by molar-refractivity contribution is 14.1. The fraction of sp³-hybridized carbons (Fsp3) is 0.400. The van der Waals surface area contributed by atoms with E-state index in [0.29, 0.717) is 17.7 Å². The van der Waals surface area contributed by atoms with Gasteiger partial charge in [-0.25, -0.2) is 13.2 Å². The smallest absolute Gasteiger partial charge is 0.255 e. The third-order valence-electron chi connectivity index (χ3n) is 6.03. The lowest BCUT2D eigenvalue weighted by molar-refractivity contribution is -0.145. The van der Waals surface area contributed by atoms with Crippen LogP contribution < -0.4 is 13.7 Å². The van der Waals surface area contributed by atoms with Crippen LogP contribution in [0.3, 0.4) is 0 Å². The second kappa shape index (κ2) is 13.5. The summed E-state index contributed by atoms with van der Waals surface area (Å²) in [5.41, 5.74) is 1.44. The Kier molecular flexibility index (Phi) is 10.4. The average Bonchev–Trinajstić information content (AvgIpc) is 2.87. The molecule has 3 rings (SSSR count). The van der Waals surface area contributed by atoms with Crippen LogP contribution in [-0.4, -0.2) is 48.2 Å². The lowest BCUT2D eigenvalue weighted by atomic mass is 9.89. The number of aryl methyl sites for hydroxylation is 1. The molecule has 3 amide bonds. The van der Waals surface area contributed by atoms with Crippen LogP contribution in [0.25, 0.3) is 0 Å². The second-order valence-corrected chi connectivity index (χ2v) is 8.99.